The lowest BCUT2D eigenvalue weighted by molar-refractivity contribution is 0.240. The minimum atomic E-state index is -0.229. The molecule has 0 spiro atoms. The van der Waals surface area contributed by atoms with Crippen molar-refractivity contribution in [2.45, 2.75) is 32.2 Å². The molecule has 2 aliphatic rings. The van der Waals surface area contributed by atoms with Crippen molar-refractivity contribution in [3.05, 3.63) is 70.0 Å². The Morgan fingerprint density at radius 1 is 1.21 bits per heavy atom. The van der Waals surface area contributed by atoms with Crippen LogP contribution in [0.3, 0.4) is 0 Å². The number of rotatable bonds is 3. The Kier molecular flexibility index (Phi) is 5.98. The van der Waals surface area contributed by atoms with E-state index in [4.69, 9.17) is 0 Å². The van der Waals surface area contributed by atoms with E-state index in [1.807, 2.05) is 25.1 Å². The zero-order chi connectivity index (χ0) is 23.7. The number of aromatic amines is 1. The van der Waals surface area contributed by atoms with Gasteiger partial charge in [0.15, 0.2) is 0 Å². The summed E-state index contributed by atoms with van der Waals surface area (Å²) in [4.78, 5) is 24.0. The van der Waals surface area contributed by atoms with Crippen molar-refractivity contribution in [3.63, 3.8) is 0 Å². The fourth-order valence-corrected chi connectivity index (χ4v) is 4.84. The highest BCUT2D eigenvalue weighted by Crippen LogP contribution is 2.29. The molecule has 8 heteroatoms. The number of aryl methyl sites for hydroxylation is 2. The fourth-order valence-electron chi connectivity index (χ4n) is 4.84. The number of amidine groups is 1. The van der Waals surface area contributed by atoms with Gasteiger partial charge in [-0.2, -0.15) is 5.10 Å². The number of carbonyl (C=O) groups is 1. The molecule has 0 aliphatic carbocycles. The molecular formula is C26H35N7O. The van der Waals surface area contributed by atoms with E-state index in [2.05, 4.69) is 73.9 Å². The van der Waals surface area contributed by atoms with Crippen molar-refractivity contribution in [1.29, 1.82) is 0 Å². The second-order valence-corrected chi connectivity index (χ2v) is 9.09. The normalized spacial score (nSPS) is 19.9. The summed E-state index contributed by atoms with van der Waals surface area (Å²) in [5.41, 5.74) is 5.27. The zero-order valence-corrected chi connectivity index (χ0v) is 19.7. The van der Waals surface area contributed by atoms with E-state index >= 15 is 0 Å². The molecular weight excluding hydrogens is 426 g/mol. The molecule has 0 bridgehead atoms. The van der Waals surface area contributed by atoms with Gasteiger partial charge in [0.1, 0.15) is 11.5 Å². The first-order chi connectivity index (χ1) is 16.5. The van der Waals surface area contributed by atoms with Crippen molar-refractivity contribution in [2.24, 2.45) is 4.99 Å². The van der Waals surface area contributed by atoms with Crippen LogP contribution < -0.4 is 21.2 Å². The molecule has 2 atom stereocenters. The predicted molar refractivity (Wildman–Crippen MR) is 140 cm³/mol. The van der Waals surface area contributed by atoms with Crippen LogP contribution in [-0.4, -0.2) is 58.1 Å². The second kappa shape index (κ2) is 9.23. The predicted octanol–water partition coefficient (Wildman–Crippen LogP) is 2.54. The van der Waals surface area contributed by atoms with Gasteiger partial charge in [-0.1, -0.05) is 30.3 Å². The third kappa shape index (κ3) is 4.49. The third-order valence-electron chi connectivity index (χ3n) is 6.52. The maximum absolute atomic E-state index is 12.9. The largest absolute Gasteiger partial charge is 0.333 e. The number of fused-ring (bicyclic) bond motifs is 1. The lowest BCUT2D eigenvalue weighted by Crippen LogP contribution is -2.47. The lowest BCUT2D eigenvalue weighted by atomic mass is 9.91. The summed E-state index contributed by atoms with van der Waals surface area (Å²) in [5.74, 6) is 0.848. The van der Waals surface area contributed by atoms with Gasteiger partial charge in [-0.3, -0.25) is 15.4 Å². The number of likely N-dealkylation sites (tertiary alicyclic amines) is 1. The lowest BCUT2D eigenvalue weighted by Gasteiger charge is -2.22. The minimum absolute atomic E-state index is 0. The second-order valence-electron chi connectivity index (χ2n) is 9.09. The molecule has 8 nitrogen and oxygen atoms in total. The summed E-state index contributed by atoms with van der Waals surface area (Å²) in [7, 11) is 2.09. The number of benzene rings is 1. The van der Waals surface area contributed by atoms with Gasteiger partial charge >= 0.3 is 6.03 Å². The Morgan fingerprint density at radius 3 is 2.88 bits per heavy atom. The number of amides is 2. The summed E-state index contributed by atoms with van der Waals surface area (Å²) in [6.45, 7) is 5.80. The number of nitrogens with one attached hydrogen (secondary N) is 3. The average molecular weight is 462 g/mol. The summed E-state index contributed by atoms with van der Waals surface area (Å²) >= 11 is 0. The molecule has 4 heterocycles. The SMILES string of the molecule is Cc1cc(-c2n[nH]c3c2=CN=C(NC(=O)N[C@H]2CN(C)C[C@@H]2c2ccccc2C)CC=3)ccn1.[HH].[HH].[HH]. The topological polar surface area (TPSA) is 98.3 Å². The molecule has 2 aliphatic heterocycles. The molecule has 34 heavy (non-hydrogen) atoms. The Bertz CT molecular complexity index is 1390. The van der Waals surface area contributed by atoms with Gasteiger partial charge in [-0.15, -0.1) is 0 Å². The van der Waals surface area contributed by atoms with Crippen LogP contribution in [0.15, 0.2) is 47.6 Å². The smallest absolute Gasteiger partial charge is 0.320 e. The van der Waals surface area contributed by atoms with Crippen LogP contribution in [0.25, 0.3) is 23.5 Å². The first kappa shape index (κ1) is 22.0. The molecule has 2 aromatic heterocycles. The zero-order valence-electron chi connectivity index (χ0n) is 19.7. The Balaban J connectivity index is 0.00000160. The number of pyridine rings is 1. The first-order valence-corrected chi connectivity index (χ1v) is 11.5. The maximum Gasteiger partial charge on any atom is 0.320 e. The van der Waals surface area contributed by atoms with Crippen LogP contribution in [0.1, 0.15) is 33.4 Å². The molecule has 3 aromatic rings. The molecule has 1 saturated heterocycles. The molecule has 5 rings (SSSR count). The number of H-pyrrole nitrogens is 1. The Morgan fingerprint density at radius 2 is 2.06 bits per heavy atom. The van der Waals surface area contributed by atoms with Gasteiger partial charge in [-0.05, 0) is 44.2 Å². The van der Waals surface area contributed by atoms with Gasteiger partial charge in [0, 0.05) is 58.6 Å². The van der Waals surface area contributed by atoms with Crippen molar-refractivity contribution in [3.8, 4) is 11.3 Å². The van der Waals surface area contributed by atoms with Crippen LogP contribution in [0.5, 0.6) is 0 Å². The van der Waals surface area contributed by atoms with Gasteiger partial charge in [-0.25, -0.2) is 9.79 Å². The molecule has 2 amide bonds. The van der Waals surface area contributed by atoms with E-state index in [0.29, 0.717) is 12.3 Å². The Hall–Kier alpha value is -3.78. The van der Waals surface area contributed by atoms with Crippen LogP contribution >= 0.6 is 0 Å². The third-order valence-corrected chi connectivity index (χ3v) is 6.52. The maximum atomic E-state index is 12.9. The van der Waals surface area contributed by atoms with E-state index in [-0.39, 0.29) is 22.3 Å². The van der Waals surface area contributed by atoms with Crippen LogP contribution in [0, 0.1) is 13.8 Å². The molecule has 1 fully saturated rings. The summed E-state index contributed by atoms with van der Waals surface area (Å²) in [6, 6.07) is 12.1. The van der Waals surface area contributed by atoms with E-state index in [1.165, 1.54) is 11.1 Å². The van der Waals surface area contributed by atoms with Crippen molar-refractivity contribution in [2.75, 3.05) is 20.1 Å². The molecule has 0 radical (unpaired) electrons. The molecule has 180 valence electrons. The van der Waals surface area contributed by atoms with E-state index in [0.717, 1.165) is 40.6 Å². The number of carbonyl (C=O) groups excluding carboxylic acids is 1. The van der Waals surface area contributed by atoms with Crippen molar-refractivity contribution < 1.29 is 9.07 Å². The van der Waals surface area contributed by atoms with E-state index in [9.17, 15) is 4.79 Å². The summed E-state index contributed by atoms with van der Waals surface area (Å²) in [5, 5.41) is 15.5. The average Bonchev–Trinajstić information content (AvgIpc) is 3.32. The van der Waals surface area contributed by atoms with E-state index in [1.54, 1.807) is 12.4 Å². The minimum Gasteiger partial charge on any atom is -0.333 e. The molecule has 0 saturated carbocycles. The number of hydrogen-bond donors (Lipinski definition) is 3. The molecule has 3 N–H and O–H groups in total. The Labute approximate surface area is 203 Å². The quantitative estimate of drug-likeness (QED) is 0.558. The first-order valence-electron chi connectivity index (χ1n) is 11.5. The van der Waals surface area contributed by atoms with Gasteiger partial charge < -0.3 is 10.2 Å². The number of urea groups is 1. The van der Waals surface area contributed by atoms with Gasteiger partial charge in [0.05, 0.1) is 11.4 Å². The highest BCUT2D eigenvalue weighted by atomic mass is 16.2. The molecule has 0 unspecified atom stereocenters. The van der Waals surface area contributed by atoms with Gasteiger partial charge in [0.25, 0.3) is 0 Å². The number of hydrogen-bond acceptors (Lipinski definition) is 5. The number of likely N-dealkylation sites (N-methyl/N-ethyl adjacent to an activating group) is 1. The van der Waals surface area contributed by atoms with Crippen LogP contribution in [-0.2, 0) is 0 Å². The number of nitrogens with zero attached hydrogens (tertiary/aromatic N) is 4. The number of aliphatic imine (C=N–C) groups is 1. The fraction of sp³-hybridized carbons (Fsp3) is 0.308. The van der Waals surface area contributed by atoms with Crippen LogP contribution in [0.2, 0.25) is 0 Å². The highest BCUT2D eigenvalue weighted by Gasteiger charge is 2.33. The van der Waals surface area contributed by atoms with E-state index < -0.39 is 0 Å². The number of aromatic nitrogens is 3. The van der Waals surface area contributed by atoms with Crippen molar-refractivity contribution in [1.82, 2.24) is 30.7 Å². The standard InChI is InChI=1S/C26H29N7O.3H2/c1-16-6-4-5-7-19(16)21-14-33(3)15-23(21)29-26(34)30-24-9-8-22-20(13-28-24)25(32-31-22)18-10-11-27-17(2)12-18;;;/h4-8,10-13,21,23,31H,9,14-15H2,1-3H3,(H2,28,29,30,34);3*1H/t21-,23+;;;/m1.../s1. The summed E-state index contributed by atoms with van der Waals surface area (Å²) < 4.78 is 0. The summed E-state index contributed by atoms with van der Waals surface area (Å²) in [6.07, 6.45) is 6.04. The van der Waals surface area contributed by atoms with Crippen molar-refractivity contribution >= 4 is 24.1 Å². The van der Waals surface area contributed by atoms with Gasteiger partial charge in [0.2, 0.25) is 0 Å². The van der Waals surface area contributed by atoms with Crippen LogP contribution in [0.4, 0.5) is 4.79 Å². The highest BCUT2D eigenvalue weighted by molar-refractivity contribution is 6.00. The molecule has 1 aromatic carbocycles. The monoisotopic (exact) mass is 461 g/mol.